The molecular weight excluding hydrogens is 587 g/mol. The maximum absolute atomic E-state index is 16.0. The van der Waals surface area contributed by atoms with Crippen molar-refractivity contribution >= 4 is 29.4 Å². The summed E-state index contributed by atoms with van der Waals surface area (Å²) in [5, 5.41) is 1.93. The molecule has 1 aromatic heterocycles. The number of carbonyl (C=O) groups excluding carboxylic acids is 1. The highest BCUT2D eigenvalue weighted by atomic mass is 35.5. The molecule has 0 radical (unpaired) electrons. The molecule has 1 amide bonds. The third-order valence-electron chi connectivity index (χ3n) is 6.25. The number of hydrogen-bond acceptors (Lipinski definition) is 6. The number of hydrogen-bond donors (Lipinski definition) is 1. The van der Waals surface area contributed by atoms with Gasteiger partial charge in [-0.05, 0) is 44.5 Å². The van der Waals surface area contributed by atoms with E-state index in [9.17, 15) is 27.2 Å². The molecule has 2 heterocycles. The lowest BCUT2D eigenvalue weighted by molar-refractivity contribution is -0.189. The van der Waals surface area contributed by atoms with Gasteiger partial charge in [-0.2, -0.15) is 13.2 Å². The van der Waals surface area contributed by atoms with E-state index in [-0.39, 0.29) is 17.3 Å². The summed E-state index contributed by atoms with van der Waals surface area (Å²) in [6.07, 6.45) is -1.94. The van der Waals surface area contributed by atoms with Gasteiger partial charge in [-0.25, -0.2) is 13.8 Å². The first kappa shape index (κ1) is 30.7. The molecule has 3 aromatic rings. The van der Waals surface area contributed by atoms with Gasteiger partial charge in [0, 0.05) is 18.3 Å². The third kappa shape index (κ3) is 6.01. The summed E-state index contributed by atoms with van der Waals surface area (Å²) in [7, 11) is 0. The maximum atomic E-state index is 16.0. The molecular formula is C28H24ClF5N4O4. The van der Waals surface area contributed by atoms with Crippen LogP contribution in [-0.2, 0) is 16.9 Å². The minimum atomic E-state index is -4.88. The van der Waals surface area contributed by atoms with E-state index in [1.54, 1.807) is 6.92 Å². The molecule has 1 aliphatic rings. The normalized spacial score (nSPS) is 17.1. The van der Waals surface area contributed by atoms with Crippen LogP contribution in [0.15, 0.2) is 58.8 Å². The number of carbonyl (C=O) groups is 1. The van der Waals surface area contributed by atoms with Crippen molar-refractivity contribution in [2.24, 2.45) is 4.99 Å². The molecule has 222 valence electrons. The Balaban J connectivity index is 1.94. The Bertz CT molecular complexity index is 1620. The minimum Gasteiger partial charge on any atom is -0.480 e. The Hall–Kier alpha value is -4.26. The van der Waals surface area contributed by atoms with Crippen molar-refractivity contribution in [1.82, 2.24) is 9.55 Å². The van der Waals surface area contributed by atoms with Crippen molar-refractivity contribution in [1.29, 1.82) is 0 Å². The zero-order valence-electron chi connectivity index (χ0n) is 22.4. The topological polar surface area (TPSA) is 94.8 Å². The van der Waals surface area contributed by atoms with Crippen LogP contribution in [0.2, 0.25) is 5.02 Å². The fourth-order valence-electron chi connectivity index (χ4n) is 4.22. The molecule has 0 saturated carbocycles. The van der Waals surface area contributed by atoms with Gasteiger partial charge in [0.2, 0.25) is 5.60 Å². The van der Waals surface area contributed by atoms with E-state index in [4.69, 9.17) is 21.1 Å². The van der Waals surface area contributed by atoms with Crippen LogP contribution in [0.4, 0.5) is 27.6 Å². The van der Waals surface area contributed by atoms with Gasteiger partial charge in [0.1, 0.15) is 23.6 Å². The van der Waals surface area contributed by atoms with Gasteiger partial charge in [0.05, 0.1) is 34.4 Å². The number of nitrogens with zero attached hydrogens (tertiary/aromatic N) is 3. The van der Waals surface area contributed by atoms with E-state index in [1.807, 2.05) is 6.92 Å². The monoisotopic (exact) mass is 610 g/mol. The number of alkyl halides is 3. The molecule has 14 heteroatoms. The van der Waals surface area contributed by atoms with Gasteiger partial charge in [-0.15, -0.1) is 0 Å². The SMILES string of the molecule is CCCn1cc(C)nc([C@]2(c3cc(O[C@@H](C)C(F)(F)F)c(C(=O)Nc4c(F)cccc4Cl)cc3F)C=NC=CO2)c1=O. The van der Waals surface area contributed by atoms with E-state index < -0.39 is 63.5 Å². The first-order valence-corrected chi connectivity index (χ1v) is 12.9. The van der Waals surface area contributed by atoms with Crippen molar-refractivity contribution in [2.75, 3.05) is 5.32 Å². The van der Waals surface area contributed by atoms with Crippen LogP contribution in [0.25, 0.3) is 0 Å². The van der Waals surface area contributed by atoms with Crippen LogP contribution in [0, 0.1) is 18.6 Å². The summed E-state index contributed by atoms with van der Waals surface area (Å²) in [5.74, 6) is -4.08. The molecule has 8 nitrogen and oxygen atoms in total. The summed E-state index contributed by atoms with van der Waals surface area (Å²) >= 11 is 5.97. The molecule has 42 heavy (non-hydrogen) atoms. The number of halogens is 6. The number of aryl methyl sites for hydroxylation is 2. The van der Waals surface area contributed by atoms with E-state index >= 15 is 4.39 Å². The summed E-state index contributed by atoms with van der Waals surface area (Å²) in [5.41, 5.74) is -4.48. The molecule has 0 unspecified atom stereocenters. The lowest BCUT2D eigenvalue weighted by Gasteiger charge is -2.32. The van der Waals surface area contributed by atoms with Crippen molar-refractivity contribution in [2.45, 2.75) is 51.6 Å². The van der Waals surface area contributed by atoms with Gasteiger partial charge in [0.15, 0.2) is 11.8 Å². The van der Waals surface area contributed by atoms with Gasteiger partial charge < -0.3 is 19.4 Å². The van der Waals surface area contributed by atoms with Crippen LogP contribution in [0.5, 0.6) is 5.75 Å². The number of rotatable bonds is 8. The van der Waals surface area contributed by atoms with E-state index in [0.717, 1.165) is 24.6 Å². The zero-order valence-corrected chi connectivity index (χ0v) is 23.2. The van der Waals surface area contributed by atoms with E-state index in [2.05, 4.69) is 15.3 Å². The van der Waals surface area contributed by atoms with Crippen LogP contribution in [-0.4, -0.2) is 34.0 Å². The fourth-order valence-corrected chi connectivity index (χ4v) is 4.43. The fraction of sp³-hybridized carbons (Fsp3) is 0.286. The largest absolute Gasteiger partial charge is 0.480 e. The second-order valence-electron chi connectivity index (χ2n) is 9.33. The molecule has 0 fully saturated rings. The summed E-state index contributed by atoms with van der Waals surface area (Å²) in [4.78, 5) is 34.9. The highest BCUT2D eigenvalue weighted by Crippen LogP contribution is 2.39. The third-order valence-corrected chi connectivity index (χ3v) is 6.56. The van der Waals surface area contributed by atoms with E-state index in [1.165, 1.54) is 29.1 Å². The second kappa shape index (κ2) is 11.9. The number of amides is 1. The first-order valence-electron chi connectivity index (χ1n) is 12.6. The van der Waals surface area contributed by atoms with Crippen LogP contribution in [0.1, 0.15) is 47.6 Å². The molecule has 0 saturated heterocycles. The molecule has 4 rings (SSSR count). The number of ether oxygens (including phenoxy) is 2. The number of anilines is 1. The van der Waals surface area contributed by atoms with Crippen LogP contribution < -0.4 is 15.6 Å². The predicted molar refractivity (Wildman–Crippen MR) is 145 cm³/mol. The van der Waals surface area contributed by atoms with Crippen molar-refractivity contribution in [3.8, 4) is 5.75 Å². The Kier molecular flexibility index (Phi) is 8.71. The lowest BCUT2D eigenvalue weighted by Crippen LogP contribution is -2.42. The Morgan fingerprint density at radius 1 is 1.24 bits per heavy atom. The molecule has 1 N–H and O–H groups in total. The van der Waals surface area contributed by atoms with Crippen molar-refractivity contribution in [3.63, 3.8) is 0 Å². The summed E-state index contributed by atoms with van der Waals surface area (Å²) in [6, 6.07) is 4.92. The highest BCUT2D eigenvalue weighted by molar-refractivity contribution is 6.34. The van der Waals surface area contributed by atoms with Gasteiger partial charge in [-0.1, -0.05) is 24.6 Å². The Morgan fingerprint density at radius 2 is 1.98 bits per heavy atom. The molecule has 0 spiro atoms. The molecule has 1 aliphatic heterocycles. The average Bonchev–Trinajstić information content (AvgIpc) is 2.93. The quantitative estimate of drug-likeness (QED) is 0.303. The van der Waals surface area contributed by atoms with Crippen LogP contribution in [0.3, 0.4) is 0 Å². The predicted octanol–water partition coefficient (Wildman–Crippen LogP) is 6.29. The van der Waals surface area contributed by atoms with Crippen molar-refractivity contribution in [3.05, 3.63) is 98.5 Å². The Morgan fingerprint density at radius 3 is 2.60 bits per heavy atom. The second-order valence-corrected chi connectivity index (χ2v) is 9.73. The van der Waals surface area contributed by atoms with Crippen LogP contribution >= 0.6 is 11.6 Å². The maximum Gasteiger partial charge on any atom is 0.425 e. The zero-order chi connectivity index (χ0) is 30.8. The number of aliphatic imine (C=N–C) groups is 1. The first-order chi connectivity index (χ1) is 19.8. The van der Waals surface area contributed by atoms with Gasteiger partial charge in [0.25, 0.3) is 11.5 Å². The average molecular weight is 611 g/mol. The van der Waals surface area contributed by atoms with Gasteiger partial charge in [-0.3, -0.25) is 14.6 Å². The molecule has 0 bridgehead atoms. The standard InChI is InChI=1S/C28H24ClF5N4O4/c1-4-9-38-13-15(2)36-24(26(38)40)27(14-35-8-10-41-27)18-12-22(42-16(3)28(32,33)34)17(11-21(18)31)25(39)37-23-19(29)6-5-7-20(23)30/h5-8,10-14,16H,4,9H2,1-3H3,(H,37,39)/t16-,27+/m0/s1. The smallest absolute Gasteiger partial charge is 0.425 e. The molecule has 2 atom stereocenters. The lowest BCUT2D eigenvalue weighted by atomic mass is 9.88. The molecule has 0 aliphatic carbocycles. The minimum absolute atomic E-state index is 0.210. The Labute approximate surface area is 241 Å². The van der Waals surface area contributed by atoms with Gasteiger partial charge >= 0.3 is 6.18 Å². The summed E-state index contributed by atoms with van der Waals surface area (Å²) < 4.78 is 83.1. The number of aromatic nitrogens is 2. The number of benzene rings is 2. The number of nitrogens with one attached hydrogen (secondary N) is 1. The van der Waals surface area contributed by atoms with Crippen molar-refractivity contribution < 1.29 is 36.2 Å². The highest BCUT2D eigenvalue weighted by Gasteiger charge is 2.44. The van der Waals surface area contributed by atoms with E-state index in [0.29, 0.717) is 25.1 Å². The number of para-hydroxylation sites is 1. The summed E-state index contributed by atoms with van der Waals surface area (Å²) in [6.45, 7) is 4.40. The molecule has 2 aromatic carbocycles.